The fourth-order valence-corrected chi connectivity index (χ4v) is 2.55. The van der Waals surface area contributed by atoms with Crippen molar-refractivity contribution in [3.63, 3.8) is 0 Å². The summed E-state index contributed by atoms with van der Waals surface area (Å²) in [5.74, 6) is -0.399. The van der Waals surface area contributed by atoms with Crippen LogP contribution in [0.1, 0.15) is 37.0 Å². The van der Waals surface area contributed by atoms with Gasteiger partial charge in [0.15, 0.2) is 0 Å². The Labute approximate surface area is 149 Å². The fourth-order valence-electron chi connectivity index (χ4n) is 2.55. The Bertz CT molecular complexity index is 694. The molecule has 0 bridgehead atoms. The number of nitrogens with one attached hydrogen (secondary N) is 1. The van der Waals surface area contributed by atoms with Gasteiger partial charge in [0.05, 0.1) is 0 Å². The lowest BCUT2D eigenvalue weighted by Crippen LogP contribution is -2.39. The lowest BCUT2D eigenvalue weighted by Gasteiger charge is -2.26. The normalized spacial score (nSPS) is 10.6. The largest absolute Gasteiger partial charge is 0.352 e. The third-order valence-electron chi connectivity index (χ3n) is 4.06. The van der Waals surface area contributed by atoms with Crippen LogP contribution < -0.4 is 5.32 Å². The van der Waals surface area contributed by atoms with Crippen LogP contribution in [0.15, 0.2) is 54.6 Å². The number of rotatable bonds is 7. The number of amides is 2. The first-order chi connectivity index (χ1) is 12.0. The zero-order valence-electron chi connectivity index (χ0n) is 15.2. The van der Waals surface area contributed by atoms with E-state index in [1.54, 1.807) is 4.90 Å². The number of hydrogen-bond donors (Lipinski definition) is 1. The van der Waals surface area contributed by atoms with E-state index in [-0.39, 0.29) is 24.3 Å². The minimum absolute atomic E-state index is 0.0394. The van der Waals surface area contributed by atoms with E-state index in [0.717, 1.165) is 11.1 Å². The van der Waals surface area contributed by atoms with Crippen molar-refractivity contribution in [2.45, 2.75) is 46.3 Å². The summed E-state index contributed by atoms with van der Waals surface area (Å²) in [6.45, 7) is 6.90. The Morgan fingerprint density at radius 1 is 0.960 bits per heavy atom. The standard InChI is InChI=1S/C21H26N2O2/c1-16(2)23(15-19-7-5-4-6-8-19)21(25)13-20(24)22-14-18-11-9-17(3)10-12-18/h4-12,16H,13-15H2,1-3H3,(H,22,24). The third kappa shape index (κ3) is 6.07. The van der Waals surface area contributed by atoms with Gasteiger partial charge in [-0.3, -0.25) is 9.59 Å². The highest BCUT2D eigenvalue weighted by Crippen LogP contribution is 2.10. The van der Waals surface area contributed by atoms with Gasteiger partial charge in [0, 0.05) is 19.1 Å². The van der Waals surface area contributed by atoms with Crippen LogP contribution >= 0.6 is 0 Å². The molecule has 2 rings (SSSR count). The summed E-state index contributed by atoms with van der Waals surface area (Å²) in [6.07, 6.45) is -0.128. The van der Waals surface area contributed by atoms with Crippen molar-refractivity contribution in [1.82, 2.24) is 10.2 Å². The van der Waals surface area contributed by atoms with Crippen molar-refractivity contribution >= 4 is 11.8 Å². The van der Waals surface area contributed by atoms with Crippen LogP contribution in [-0.2, 0) is 22.7 Å². The second kappa shape index (κ2) is 9.02. The zero-order valence-corrected chi connectivity index (χ0v) is 15.2. The molecular formula is C21H26N2O2. The molecule has 0 saturated heterocycles. The highest BCUT2D eigenvalue weighted by Gasteiger charge is 2.20. The van der Waals surface area contributed by atoms with E-state index in [1.165, 1.54) is 5.56 Å². The van der Waals surface area contributed by atoms with Gasteiger partial charge >= 0.3 is 0 Å². The molecule has 132 valence electrons. The molecule has 0 aromatic heterocycles. The Morgan fingerprint density at radius 3 is 2.20 bits per heavy atom. The topological polar surface area (TPSA) is 49.4 Å². The van der Waals surface area contributed by atoms with Crippen LogP contribution in [0.4, 0.5) is 0 Å². The molecule has 0 radical (unpaired) electrons. The highest BCUT2D eigenvalue weighted by molar-refractivity contribution is 5.96. The smallest absolute Gasteiger partial charge is 0.232 e. The van der Waals surface area contributed by atoms with E-state index in [9.17, 15) is 9.59 Å². The molecule has 0 saturated carbocycles. The van der Waals surface area contributed by atoms with Gasteiger partial charge in [-0.05, 0) is 31.9 Å². The van der Waals surface area contributed by atoms with Gasteiger partial charge in [-0.25, -0.2) is 0 Å². The predicted molar refractivity (Wildman–Crippen MR) is 99.8 cm³/mol. The molecule has 0 atom stereocenters. The third-order valence-corrected chi connectivity index (χ3v) is 4.06. The monoisotopic (exact) mass is 338 g/mol. The molecule has 4 heteroatoms. The van der Waals surface area contributed by atoms with Crippen molar-refractivity contribution in [2.75, 3.05) is 0 Å². The number of hydrogen-bond acceptors (Lipinski definition) is 2. The molecular weight excluding hydrogens is 312 g/mol. The van der Waals surface area contributed by atoms with Gasteiger partial charge in [0.2, 0.25) is 11.8 Å². The van der Waals surface area contributed by atoms with Gasteiger partial charge in [-0.15, -0.1) is 0 Å². The van der Waals surface area contributed by atoms with Crippen LogP contribution in [0, 0.1) is 6.92 Å². The van der Waals surface area contributed by atoms with Crippen molar-refractivity contribution in [3.05, 3.63) is 71.3 Å². The molecule has 2 aromatic carbocycles. The van der Waals surface area contributed by atoms with Gasteiger partial charge in [-0.2, -0.15) is 0 Å². The summed E-state index contributed by atoms with van der Waals surface area (Å²) in [4.78, 5) is 26.4. The molecule has 0 spiro atoms. The quantitative estimate of drug-likeness (QED) is 0.786. The van der Waals surface area contributed by atoms with Crippen LogP contribution in [0.3, 0.4) is 0 Å². The van der Waals surface area contributed by atoms with Gasteiger partial charge in [0.25, 0.3) is 0 Å². The zero-order chi connectivity index (χ0) is 18.2. The number of nitrogens with zero attached hydrogens (tertiary/aromatic N) is 1. The number of aryl methyl sites for hydroxylation is 1. The molecule has 2 aromatic rings. The molecule has 4 nitrogen and oxygen atoms in total. The Morgan fingerprint density at radius 2 is 1.60 bits per heavy atom. The molecule has 0 aliphatic rings. The number of benzene rings is 2. The molecule has 0 heterocycles. The van der Waals surface area contributed by atoms with E-state index in [4.69, 9.17) is 0 Å². The summed E-state index contributed by atoms with van der Waals surface area (Å²) in [5, 5.41) is 2.82. The maximum absolute atomic E-state index is 12.5. The van der Waals surface area contributed by atoms with Crippen molar-refractivity contribution < 1.29 is 9.59 Å². The van der Waals surface area contributed by atoms with Crippen LogP contribution in [0.5, 0.6) is 0 Å². The van der Waals surface area contributed by atoms with Gasteiger partial charge in [0.1, 0.15) is 6.42 Å². The lowest BCUT2D eigenvalue weighted by atomic mass is 10.1. The van der Waals surface area contributed by atoms with Crippen LogP contribution in [0.25, 0.3) is 0 Å². The van der Waals surface area contributed by atoms with Crippen molar-refractivity contribution in [1.29, 1.82) is 0 Å². The SMILES string of the molecule is Cc1ccc(CNC(=O)CC(=O)N(Cc2ccccc2)C(C)C)cc1. The summed E-state index contributed by atoms with van der Waals surface area (Å²) >= 11 is 0. The maximum atomic E-state index is 12.5. The van der Waals surface area contributed by atoms with E-state index < -0.39 is 0 Å². The second-order valence-electron chi connectivity index (χ2n) is 6.54. The molecule has 2 amide bonds. The Balaban J connectivity index is 1.88. The Hall–Kier alpha value is -2.62. The van der Waals surface area contributed by atoms with E-state index in [0.29, 0.717) is 13.1 Å². The molecule has 1 N–H and O–H groups in total. The minimum Gasteiger partial charge on any atom is -0.352 e. The summed E-state index contributed by atoms with van der Waals surface area (Å²) < 4.78 is 0. The average Bonchev–Trinajstić information content (AvgIpc) is 2.59. The minimum atomic E-state index is -0.246. The van der Waals surface area contributed by atoms with Crippen LogP contribution in [-0.4, -0.2) is 22.8 Å². The predicted octanol–water partition coefficient (Wildman–Crippen LogP) is 3.44. The van der Waals surface area contributed by atoms with Gasteiger partial charge in [-0.1, -0.05) is 60.2 Å². The van der Waals surface area contributed by atoms with E-state index in [2.05, 4.69) is 5.32 Å². The Kier molecular flexibility index (Phi) is 6.75. The summed E-state index contributed by atoms with van der Waals surface area (Å²) in [5.41, 5.74) is 3.26. The molecule has 25 heavy (non-hydrogen) atoms. The van der Waals surface area contributed by atoms with Gasteiger partial charge < -0.3 is 10.2 Å². The maximum Gasteiger partial charge on any atom is 0.232 e. The lowest BCUT2D eigenvalue weighted by molar-refractivity contribution is -0.138. The molecule has 0 aliphatic carbocycles. The first-order valence-electron chi connectivity index (χ1n) is 8.61. The van der Waals surface area contributed by atoms with Crippen molar-refractivity contribution in [3.8, 4) is 0 Å². The van der Waals surface area contributed by atoms with E-state index in [1.807, 2.05) is 75.4 Å². The molecule has 0 unspecified atom stereocenters. The number of carbonyl (C=O) groups is 2. The highest BCUT2D eigenvalue weighted by atomic mass is 16.2. The average molecular weight is 338 g/mol. The van der Waals surface area contributed by atoms with Crippen molar-refractivity contribution in [2.24, 2.45) is 0 Å². The molecule has 0 aliphatic heterocycles. The molecule has 0 fully saturated rings. The second-order valence-corrected chi connectivity index (χ2v) is 6.54. The first kappa shape index (κ1) is 18.7. The summed E-state index contributed by atoms with van der Waals surface area (Å²) in [7, 11) is 0. The number of carbonyl (C=O) groups excluding carboxylic acids is 2. The van der Waals surface area contributed by atoms with E-state index >= 15 is 0 Å². The fraction of sp³-hybridized carbons (Fsp3) is 0.333. The summed E-state index contributed by atoms with van der Waals surface area (Å²) in [6, 6.07) is 17.8. The van der Waals surface area contributed by atoms with Crippen LogP contribution in [0.2, 0.25) is 0 Å². The first-order valence-corrected chi connectivity index (χ1v) is 8.61.